The first-order chi connectivity index (χ1) is 20.6. The third kappa shape index (κ3) is 6.48. The minimum atomic E-state index is -1.82. The molecule has 0 spiro atoms. The number of allylic oxidation sites excluding steroid dienone is 1. The van der Waals surface area contributed by atoms with Crippen LogP contribution in [0.15, 0.2) is 84.6 Å². The van der Waals surface area contributed by atoms with Crippen molar-refractivity contribution in [1.29, 1.82) is 0 Å². The number of para-hydroxylation sites is 1. The lowest BCUT2D eigenvalue weighted by atomic mass is 9.60. The van der Waals surface area contributed by atoms with E-state index < -0.39 is 40.2 Å². The minimum Gasteiger partial charge on any atom is -0.481 e. The molecule has 0 radical (unpaired) electrons. The van der Waals surface area contributed by atoms with Crippen LogP contribution in [0.1, 0.15) is 42.9 Å². The summed E-state index contributed by atoms with van der Waals surface area (Å²) in [4.78, 5) is 54.0. The summed E-state index contributed by atoms with van der Waals surface area (Å²) in [5, 5.41) is 25.7. The molecule has 0 saturated carbocycles. The summed E-state index contributed by atoms with van der Waals surface area (Å²) in [5.74, 6) is -4.10. The molecule has 224 valence electrons. The summed E-state index contributed by atoms with van der Waals surface area (Å²) in [6.45, 7) is 3.54. The van der Waals surface area contributed by atoms with E-state index in [1.165, 1.54) is 24.3 Å². The maximum absolute atomic E-state index is 13.1. The number of methoxy groups -OCH3 is 1. The second-order valence-corrected chi connectivity index (χ2v) is 10.2. The van der Waals surface area contributed by atoms with Crippen molar-refractivity contribution in [2.45, 2.75) is 38.8 Å². The molecular weight excluding hydrogens is 556 g/mol. The number of aromatic nitrogens is 2. The Morgan fingerprint density at radius 3 is 2.53 bits per heavy atom. The monoisotopic (exact) mass is 588 g/mol. The quantitative estimate of drug-likeness (QED) is 0.144. The third-order valence-electron chi connectivity index (χ3n) is 7.74. The van der Waals surface area contributed by atoms with Crippen molar-refractivity contribution in [1.82, 2.24) is 14.9 Å². The van der Waals surface area contributed by atoms with Crippen LogP contribution in [-0.2, 0) is 30.4 Å². The number of hydrogen-bond acceptors (Lipinski definition) is 9. The Morgan fingerprint density at radius 1 is 1.19 bits per heavy atom. The second kappa shape index (κ2) is 13.1. The minimum absolute atomic E-state index is 0.0417. The zero-order valence-electron chi connectivity index (χ0n) is 23.9. The number of benzene rings is 2. The number of rotatable bonds is 11. The number of carbonyl (C=O) groups excluding carboxylic acids is 2. The van der Waals surface area contributed by atoms with E-state index in [1.54, 1.807) is 38.5 Å². The highest BCUT2D eigenvalue weighted by molar-refractivity contribution is 5.94. The van der Waals surface area contributed by atoms with Gasteiger partial charge in [-0.1, -0.05) is 42.5 Å². The third-order valence-corrected chi connectivity index (χ3v) is 7.74. The molecule has 12 heteroatoms. The zero-order chi connectivity index (χ0) is 31.1. The molecule has 0 aliphatic carbocycles. The highest BCUT2D eigenvalue weighted by Gasteiger charge is 2.57. The van der Waals surface area contributed by atoms with Gasteiger partial charge in [0, 0.05) is 60.7 Å². The van der Waals surface area contributed by atoms with Gasteiger partial charge in [0.1, 0.15) is 5.41 Å². The Bertz CT molecular complexity index is 1560. The van der Waals surface area contributed by atoms with Crippen molar-refractivity contribution in [2.75, 3.05) is 13.7 Å². The maximum Gasteiger partial charge on any atom is 0.336 e. The number of nitrogens with zero attached hydrogens (tertiary/aromatic N) is 3. The van der Waals surface area contributed by atoms with Crippen molar-refractivity contribution in [3.8, 4) is 0 Å². The fourth-order valence-electron chi connectivity index (χ4n) is 5.60. The van der Waals surface area contributed by atoms with Gasteiger partial charge in [-0.3, -0.25) is 14.9 Å². The molecule has 0 amide bonds. The van der Waals surface area contributed by atoms with Crippen molar-refractivity contribution in [3.63, 3.8) is 0 Å². The summed E-state index contributed by atoms with van der Waals surface area (Å²) in [5.41, 5.74) is 0.0110. The van der Waals surface area contributed by atoms with Crippen molar-refractivity contribution in [2.24, 2.45) is 5.41 Å². The fraction of sp³-hybridized carbons (Fsp3) is 0.290. The number of nitrogens with one attached hydrogen (secondary N) is 1. The number of esters is 2. The van der Waals surface area contributed by atoms with Crippen molar-refractivity contribution < 1.29 is 33.9 Å². The molecule has 43 heavy (non-hydrogen) atoms. The molecule has 12 nitrogen and oxygen atoms in total. The van der Waals surface area contributed by atoms with E-state index in [1.807, 2.05) is 35.0 Å². The van der Waals surface area contributed by atoms with Gasteiger partial charge in [0.25, 0.3) is 5.69 Å². The van der Waals surface area contributed by atoms with E-state index in [0.717, 1.165) is 18.2 Å². The number of nitro benzene ring substituents is 1. The van der Waals surface area contributed by atoms with Gasteiger partial charge in [-0.05, 0) is 31.1 Å². The number of carboxylic acids is 1. The second-order valence-electron chi connectivity index (χ2n) is 10.2. The Hall–Kier alpha value is -5.26. The van der Waals surface area contributed by atoms with E-state index >= 15 is 0 Å². The average molecular weight is 589 g/mol. The predicted octanol–water partition coefficient (Wildman–Crippen LogP) is 4.08. The van der Waals surface area contributed by atoms with Crippen molar-refractivity contribution >= 4 is 29.7 Å². The van der Waals surface area contributed by atoms with Crippen molar-refractivity contribution in [3.05, 3.63) is 111 Å². The van der Waals surface area contributed by atoms with E-state index in [9.17, 15) is 29.6 Å². The molecular formula is C31H32N4O8. The van der Waals surface area contributed by atoms with Crippen LogP contribution in [0.5, 0.6) is 0 Å². The molecule has 3 unspecified atom stereocenters. The molecule has 2 aromatic carbocycles. The van der Waals surface area contributed by atoms with Crippen LogP contribution in [0.3, 0.4) is 0 Å². The predicted molar refractivity (Wildman–Crippen MR) is 156 cm³/mol. The van der Waals surface area contributed by atoms with E-state index in [-0.39, 0.29) is 29.9 Å². The van der Waals surface area contributed by atoms with Gasteiger partial charge in [-0.25, -0.2) is 14.6 Å². The van der Waals surface area contributed by atoms with Crippen LogP contribution in [0.4, 0.5) is 5.69 Å². The number of aliphatic carboxylic acids is 1. The summed E-state index contributed by atoms with van der Waals surface area (Å²) in [7, 11) is 1.15. The lowest BCUT2D eigenvalue weighted by Crippen LogP contribution is -2.57. The van der Waals surface area contributed by atoms with Gasteiger partial charge in [0.05, 0.1) is 30.5 Å². The summed E-state index contributed by atoms with van der Waals surface area (Å²) >= 11 is 0. The molecule has 1 aromatic heterocycles. The first-order valence-corrected chi connectivity index (χ1v) is 13.5. The van der Waals surface area contributed by atoms with E-state index in [4.69, 9.17) is 9.47 Å². The maximum atomic E-state index is 13.1. The van der Waals surface area contributed by atoms with E-state index in [0.29, 0.717) is 12.2 Å². The van der Waals surface area contributed by atoms with Gasteiger partial charge in [0.15, 0.2) is 0 Å². The standard InChI is InChI=1S/C31H32N4O8/c1-20-27(29(37)42-3)28(24-6-4-5-7-25(24)35(40)41)31(30(38)39,21(2)33-20)14-17-43-26(36)13-12-22-8-10-23(11-9-22)18-34-16-15-32-19-34/h4-13,15-16,19,21,28,33H,14,17-18H2,1-3H3,(H,38,39)/b13-12+. The van der Waals surface area contributed by atoms with Gasteiger partial charge in [0.2, 0.25) is 0 Å². The zero-order valence-corrected chi connectivity index (χ0v) is 23.9. The van der Waals surface area contributed by atoms with Crippen LogP contribution in [0.2, 0.25) is 0 Å². The summed E-state index contributed by atoms with van der Waals surface area (Å²) in [6, 6.07) is 12.4. The normalized spacial score (nSPS) is 20.0. The smallest absolute Gasteiger partial charge is 0.336 e. The van der Waals surface area contributed by atoms with Gasteiger partial charge < -0.3 is 24.5 Å². The number of carbonyl (C=O) groups is 3. The lowest BCUT2D eigenvalue weighted by molar-refractivity contribution is -0.385. The Kier molecular flexibility index (Phi) is 9.39. The highest BCUT2D eigenvalue weighted by atomic mass is 16.6. The summed E-state index contributed by atoms with van der Waals surface area (Å²) in [6.07, 6.45) is 7.86. The first-order valence-electron chi connectivity index (χ1n) is 13.5. The van der Waals surface area contributed by atoms with Crippen LogP contribution >= 0.6 is 0 Å². The largest absolute Gasteiger partial charge is 0.481 e. The molecule has 0 saturated heterocycles. The molecule has 2 N–H and O–H groups in total. The van der Waals surface area contributed by atoms with Crippen LogP contribution < -0.4 is 5.32 Å². The molecule has 1 aliphatic rings. The lowest BCUT2D eigenvalue weighted by Gasteiger charge is -2.46. The number of carboxylic acid groups (broad SMARTS) is 1. The molecule has 0 bridgehead atoms. The van der Waals surface area contributed by atoms with Crippen LogP contribution in [0, 0.1) is 15.5 Å². The highest BCUT2D eigenvalue weighted by Crippen LogP contribution is 2.52. The van der Waals surface area contributed by atoms with Gasteiger partial charge >= 0.3 is 17.9 Å². The number of imidazole rings is 1. The molecule has 3 aromatic rings. The Balaban J connectivity index is 1.56. The number of hydrogen-bond donors (Lipinski definition) is 2. The van der Waals surface area contributed by atoms with E-state index in [2.05, 4.69) is 10.3 Å². The Morgan fingerprint density at radius 2 is 1.91 bits per heavy atom. The fourth-order valence-corrected chi connectivity index (χ4v) is 5.60. The molecule has 4 rings (SSSR count). The Labute approximate surface area is 247 Å². The summed E-state index contributed by atoms with van der Waals surface area (Å²) < 4.78 is 12.3. The van der Waals surface area contributed by atoms with Gasteiger partial charge in [-0.15, -0.1) is 0 Å². The SMILES string of the molecule is COC(=O)C1=C(C)NC(C)C(CCOC(=O)/C=C/c2ccc(Cn3ccnc3)cc2)(C(=O)O)C1c1ccccc1[N+](=O)[O-]. The number of nitro groups is 1. The molecule has 3 atom stereocenters. The topological polar surface area (TPSA) is 163 Å². The number of ether oxygens (including phenoxy) is 2. The molecule has 2 heterocycles. The van der Waals surface area contributed by atoms with Gasteiger partial charge in [-0.2, -0.15) is 0 Å². The molecule has 0 fully saturated rings. The molecule has 1 aliphatic heterocycles. The first kappa shape index (κ1) is 30.7. The van der Waals surface area contributed by atoms with Crippen LogP contribution in [0.25, 0.3) is 6.08 Å². The average Bonchev–Trinajstić information content (AvgIpc) is 3.50. The van der Waals surface area contributed by atoms with Crippen LogP contribution in [-0.4, -0.2) is 57.2 Å².